The molecular formula is C41H41N3. The van der Waals surface area contributed by atoms with Crippen molar-refractivity contribution in [3.05, 3.63) is 139 Å². The fourth-order valence-electron chi connectivity index (χ4n) is 5.79. The van der Waals surface area contributed by atoms with Crippen LogP contribution < -0.4 is 0 Å². The van der Waals surface area contributed by atoms with E-state index in [2.05, 4.69) is 171 Å². The summed E-state index contributed by atoms with van der Waals surface area (Å²) >= 11 is 0. The van der Waals surface area contributed by atoms with Gasteiger partial charge in [-0.1, -0.05) is 100 Å². The van der Waals surface area contributed by atoms with Crippen LogP contribution in [0.3, 0.4) is 0 Å². The van der Waals surface area contributed by atoms with Crippen LogP contribution in [0.25, 0.3) is 55.7 Å². The minimum atomic E-state index is 0.852. The van der Waals surface area contributed by atoms with Crippen molar-refractivity contribution in [3.8, 4) is 33.9 Å². The average molecular weight is 576 g/mol. The minimum absolute atomic E-state index is 0.852. The molecule has 5 aromatic carbocycles. The van der Waals surface area contributed by atoms with Gasteiger partial charge in [-0.3, -0.25) is 4.57 Å². The number of fused-ring (bicyclic) bond motifs is 3. The van der Waals surface area contributed by atoms with Crippen LogP contribution in [0.5, 0.6) is 0 Å². The van der Waals surface area contributed by atoms with Crippen molar-refractivity contribution in [2.75, 3.05) is 0 Å². The van der Waals surface area contributed by atoms with Crippen molar-refractivity contribution in [2.45, 2.75) is 41.5 Å². The highest BCUT2D eigenvalue weighted by atomic mass is 15.1. The average Bonchev–Trinajstić information content (AvgIpc) is 3.64. The van der Waals surface area contributed by atoms with Crippen LogP contribution in [0.4, 0.5) is 0 Å². The van der Waals surface area contributed by atoms with Gasteiger partial charge in [-0.15, -0.1) is 0 Å². The molecule has 7 rings (SSSR count). The standard InChI is InChI=1S/C35H27N3.C6H14/c1-24-21-28(22-25(2)34(24)37-20-19-36-35(37)26-11-5-3-6-12-26)27-17-18-33-31(23-27)30-15-9-10-16-32(30)38(33)29-13-7-4-8-14-29;1-5(2)6(3)4/h3-23H,1-2H3;5-6H,1-4H3. The molecule has 0 saturated heterocycles. The molecule has 0 aliphatic carbocycles. The molecule has 220 valence electrons. The summed E-state index contributed by atoms with van der Waals surface area (Å²) < 4.78 is 4.57. The molecule has 0 radical (unpaired) electrons. The molecular weight excluding hydrogens is 534 g/mol. The Bertz CT molecular complexity index is 2000. The molecule has 0 aliphatic heterocycles. The van der Waals surface area contributed by atoms with Crippen LogP contribution >= 0.6 is 0 Å². The molecule has 0 spiro atoms. The van der Waals surface area contributed by atoms with Gasteiger partial charge in [0.15, 0.2) is 0 Å². The second-order valence-electron chi connectivity index (χ2n) is 12.4. The maximum Gasteiger partial charge on any atom is 0.144 e. The third kappa shape index (κ3) is 5.58. The monoisotopic (exact) mass is 575 g/mol. The maximum absolute atomic E-state index is 4.68. The molecule has 3 nitrogen and oxygen atoms in total. The zero-order valence-corrected chi connectivity index (χ0v) is 26.6. The summed E-state index contributed by atoms with van der Waals surface area (Å²) in [5, 5.41) is 2.53. The number of imidazole rings is 1. The number of aromatic nitrogens is 3. The quantitative estimate of drug-likeness (QED) is 0.200. The number of hydrogen-bond acceptors (Lipinski definition) is 1. The van der Waals surface area contributed by atoms with Gasteiger partial charge in [0.05, 0.1) is 16.7 Å². The van der Waals surface area contributed by atoms with E-state index < -0.39 is 0 Å². The molecule has 2 aromatic heterocycles. The normalized spacial score (nSPS) is 11.4. The summed E-state index contributed by atoms with van der Waals surface area (Å²) in [4.78, 5) is 4.68. The SMILES string of the molecule is CC(C)C(C)C.Cc1cc(-c2ccc3c(c2)c2ccccc2n3-c2ccccc2)cc(C)c1-n1ccnc1-c1ccccc1. The summed E-state index contributed by atoms with van der Waals surface area (Å²) in [6, 6.07) is 41.1. The number of hydrogen-bond donors (Lipinski definition) is 0. The van der Waals surface area contributed by atoms with Gasteiger partial charge in [-0.2, -0.15) is 0 Å². The van der Waals surface area contributed by atoms with Gasteiger partial charge < -0.3 is 4.57 Å². The summed E-state index contributed by atoms with van der Waals surface area (Å²) in [6.45, 7) is 13.4. The van der Waals surface area contributed by atoms with Crippen molar-refractivity contribution in [1.82, 2.24) is 14.1 Å². The van der Waals surface area contributed by atoms with Crippen LogP contribution in [0, 0.1) is 25.7 Å². The smallest absolute Gasteiger partial charge is 0.144 e. The van der Waals surface area contributed by atoms with Crippen LogP contribution in [0.2, 0.25) is 0 Å². The Morgan fingerprint density at radius 1 is 0.545 bits per heavy atom. The van der Waals surface area contributed by atoms with Gasteiger partial charge in [-0.05, 0) is 90.4 Å². The largest absolute Gasteiger partial charge is 0.309 e. The highest BCUT2D eigenvalue weighted by molar-refractivity contribution is 6.10. The van der Waals surface area contributed by atoms with E-state index in [0.29, 0.717) is 0 Å². The molecule has 2 heterocycles. The lowest BCUT2D eigenvalue weighted by Crippen LogP contribution is -2.02. The molecule has 0 N–H and O–H groups in total. The van der Waals surface area contributed by atoms with E-state index >= 15 is 0 Å². The van der Waals surface area contributed by atoms with Gasteiger partial charge in [0.25, 0.3) is 0 Å². The van der Waals surface area contributed by atoms with Crippen LogP contribution in [-0.4, -0.2) is 14.1 Å². The van der Waals surface area contributed by atoms with E-state index in [0.717, 1.165) is 23.2 Å². The fourth-order valence-corrected chi connectivity index (χ4v) is 5.79. The van der Waals surface area contributed by atoms with E-state index in [4.69, 9.17) is 0 Å². The molecule has 0 unspecified atom stereocenters. The van der Waals surface area contributed by atoms with E-state index in [1.165, 1.54) is 55.4 Å². The summed E-state index contributed by atoms with van der Waals surface area (Å²) in [5.74, 6) is 2.66. The minimum Gasteiger partial charge on any atom is -0.309 e. The Labute approximate surface area is 261 Å². The topological polar surface area (TPSA) is 22.8 Å². The number of rotatable bonds is 5. The first kappa shape index (κ1) is 29.2. The summed E-state index contributed by atoms with van der Waals surface area (Å²) in [6.07, 6.45) is 3.94. The predicted octanol–water partition coefficient (Wildman–Crippen LogP) is 11.2. The van der Waals surface area contributed by atoms with Crippen LogP contribution in [-0.2, 0) is 0 Å². The first-order chi connectivity index (χ1) is 21.3. The summed E-state index contributed by atoms with van der Waals surface area (Å²) in [7, 11) is 0. The first-order valence-electron chi connectivity index (χ1n) is 15.6. The van der Waals surface area contributed by atoms with Gasteiger partial charge in [-0.25, -0.2) is 4.98 Å². The fraction of sp³-hybridized carbons (Fsp3) is 0.195. The van der Waals surface area contributed by atoms with Crippen molar-refractivity contribution < 1.29 is 0 Å². The first-order valence-corrected chi connectivity index (χ1v) is 15.6. The van der Waals surface area contributed by atoms with Crippen molar-refractivity contribution in [3.63, 3.8) is 0 Å². The molecule has 0 amide bonds. The number of para-hydroxylation sites is 2. The number of benzene rings is 5. The third-order valence-electron chi connectivity index (χ3n) is 8.76. The van der Waals surface area contributed by atoms with E-state index in [1.54, 1.807) is 0 Å². The van der Waals surface area contributed by atoms with Gasteiger partial charge in [0.1, 0.15) is 5.82 Å². The van der Waals surface area contributed by atoms with E-state index in [9.17, 15) is 0 Å². The molecule has 44 heavy (non-hydrogen) atoms. The van der Waals surface area contributed by atoms with Crippen LogP contribution in [0.15, 0.2) is 128 Å². The molecule has 7 aromatic rings. The Hall–Kier alpha value is -4.89. The van der Waals surface area contributed by atoms with E-state index in [1.807, 2.05) is 12.3 Å². The van der Waals surface area contributed by atoms with Gasteiger partial charge in [0, 0.05) is 34.4 Å². The lowest BCUT2D eigenvalue weighted by atomic mass is 9.97. The Morgan fingerprint density at radius 3 is 1.80 bits per heavy atom. The molecule has 0 atom stereocenters. The number of aryl methyl sites for hydroxylation is 2. The van der Waals surface area contributed by atoms with Crippen molar-refractivity contribution in [2.24, 2.45) is 11.8 Å². The third-order valence-corrected chi connectivity index (χ3v) is 8.76. The Kier molecular flexibility index (Phi) is 8.21. The lowest BCUT2D eigenvalue weighted by Gasteiger charge is -2.16. The van der Waals surface area contributed by atoms with Gasteiger partial charge in [0.2, 0.25) is 0 Å². The second kappa shape index (κ2) is 12.4. The Morgan fingerprint density at radius 2 is 1.14 bits per heavy atom. The zero-order chi connectivity index (χ0) is 30.8. The second-order valence-corrected chi connectivity index (χ2v) is 12.4. The lowest BCUT2D eigenvalue weighted by molar-refractivity contribution is 0.457. The number of nitrogens with zero attached hydrogens (tertiary/aromatic N) is 3. The van der Waals surface area contributed by atoms with Crippen LogP contribution in [0.1, 0.15) is 38.8 Å². The molecule has 0 aliphatic rings. The van der Waals surface area contributed by atoms with Crippen molar-refractivity contribution in [1.29, 1.82) is 0 Å². The van der Waals surface area contributed by atoms with E-state index in [-0.39, 0.29) is 0 Å². The van der Waals surface area contributed by atoms with Gasteiger partial charge >= 0.3 is 0 Å². The summed E-state index contributed by atoms with van der Waals surface area (Å²) in [5.41, 5.74) is 10.8. The zero-order valence-electron chi connectivity index (χ0n) is 26.6. The molecule has 0 fully saturated rings. The maximum atomic E-state index is 4.68. The highest BCUT2D eigenvalue weighted by Gasteiger charge is 2.16. The predicted molar refractivity (Wildman–Crippen MR) is 188 cm³/mol. The Balaban J connectivity index is 0.000000523. The molecule has 0 bridgehead atoms. The van der Waals surface area contributed by atoms with Crippen molar-refractivity contribution >= 4 is 21.8 Å². The molecule has 0 saturated carbocycles. The molecule has 3 heteroatoms. The highest BCUT2D eigenvalue weighted by Crippen LogP contribution is 2.36.